The summed E-state index contributed by atoms with van der Waals surface area (Å²) < 4.78 is 0. The van der Waals surface area contributed by atoms with Gasteiger partial charge in [0.1, 0.15) is 17.9 Å². The van der Waals surface area contributed by atoms with E-state index in [0.29, 0.717) is 0 Å². The molecule has 0 aliphatic heterocycles. The Balaban J connectivity index is 4.81. The SMILES string of the molecule is NC(=S)N/N=C(/C=N/NC(N)=S)C(O)C(O)CO. The van der Waals surface area contributed by atoms with Crippen molar-refractivity contribution in [2.45, 2.75) is 12.2 Å². The van der Waals surface area contributed by atoms with Crippen LogP contribution in [0.4, 0.5) is 0 Å². The summed E-state index contributed by atoms with van der Waals surface area (Å²) in [7, 11) is 0. The first-order valence-electron chi connectivity index (χ1n) is 4.57. The van der Waals surface area contributed by atoms with E-state index in [4.69, 9.17) is 16.6 Å². The van der Waals surface area contributed by atoms with Crippen molar-refractivity contribution in [3.05, 3.63) is 0 Å². The van der Waals surface area contributed by atoms with Gasteiger partial charge in [-0.15, -0.1) is 0 Å². The highest BCUT2D eigenvalue weighted by Crippen LogP contribution is 1.95. The smallest absolute Gasteiger partial charge is 0.184 e. The lowest BCUT2D eigenvalue weighted by molar-refractivity contribution is 0.0191. The number of hydrogen-bond donors (Lipinski definition) is 7. The van der Waals surface area contributed by atoms with E-state index in [-0.39, 0.29) is 15.9 Å². The first-order valence-corrected chi connectivity index (χ1v) is 5.38. The van der Waals surface area contributed by atoms with Crippen LogP contribution >= 0.6 is 24.4 Å². The summed E-state index contributed by atoms with van der Waals surface area (Å²) in [4.78, 5) is 0. The third-order valence-corrected chi connectivity index (χ3v) is 1.70. The van der Waals surface area contributed by atoms with Crippen molar-refractivity contribution < 1.29 is 15.3 Å². The highest BCUT2D eigenvalue weighted by atomic mass is 32.1. The number of nitrogens with zero attached hydrogens (tertiary/aromatic N) is 2. The van der Waals surface area contributed by atoms with Crippen molar-refractivity contribution in [3.63, 3.8) is 0 Å². The molecule has 102 valence electrons. The lowest BCUT2D eigenvalue weighted by atomic mass is 10.1. The molecule has 2 unspecified atom stereocenters. The predicted molar refractivity (Wildman–Crippen MR) is 74.9 cm³/mol. The van der Waals surface area contributed by atoms with Crippen molar-refractivity contribution in [3.8, 4) is 0 Å². The molecule has 18 heavy (non-hydrogen) atoms. The maximum atomic E-state index is 9.61. The van der Waals surface area contributed by atoms with E-state index < -0.39 is 18.8 Å². The molecule has 0 saturated carbocycles. The van der Waals surface area contributed by atoms with Gasteiger partial charge in [0, 0.05) is 0 Å². The Morgan fingerprint density at radius 2 is 1.78 bits per heavy atom. The average molecular weight is 294 g/mol. The monoisotopic (exact) mass is 294 g/mol. The molecule has 0 saturated heterocycles. The molecular weight excluding hydrogens is 280 g/mol. The van der Waals surface area contributed by atoms with Crippen molar-refractivity contribution in [2.24, 2.45) is 21.7 Å². The molecular formula is C7H14N6O3S2. The van der Waals surface area contributed by atoms with Crippen LogP contribution in [0.15, 0.2) is 10.2 Å². The second-order valence-electron chi connectivity index (χ2n) is 2.94. The first-order chi connectivity index (χ1) is 8.38. The number of rotatable bonds is 6. The Bertz CT molecular complexity index is 361. The maximum absolute atomic E-state index is 9.61. The molecule has 0 aromatic heterocycles. The zero-order chi connectivity index (χ0) is 14.1. The number of nitrogens with one attached hydrogen (secondary N) is 2. The van der Waals surface area contributed by atoms with Gasteiger partial charge in [0.25, 0.3) is 0 Å². The molecule has 9 nitrogen and oxygen atoms in total. The summed E-state index contributed by atoms with van der Waals surface area (Å²) in [6.45, 7) is -0.663. The molecule has 0 fully saturated rings. The van der Waals surface area contributed by atoms with Gasteiger partial charge in [-0.1, -0.05) is 0 Å². The first kappa shape index (κ1) is 16.6. The highest BCUT2D eigenvalue weighted by molar-refractivity contribution is 7.80. The third-order valence-electron chi connectivity index (χ3n) is 1.52. The third kappa shape index (κ3) is 7.03. The maximum Gasteiger partial charge on any atom is 0.184 e. The zero-order valence-corrected chi connectivity index (χ0v) is 10.8. The summed E-state index contributed by atoms with van der Waals surface area (Å²) in [5.41, 5.74) is 14.6. The van der Waals surface area contributed by atoms with Gasteiger partial charge in [-0.25, -0.2) is 0 Å². The van der Waals surface area contributed by atoms with Crippen molar-refractivity contribution in [2.75, 3.05) is 6.61 Å². The molecule has 11 heteroatoms. The lowest BCUT2D eigenvalue weighted by Gasteiger charge is -2.15. The molecule has 2 atom stereocenters. The summed E-state index contributed by atoms with van der Waals surface area (Å²) >= 11 is 9.01. The molecule has 0 aromatic rings. The summed E-state index contributed by atoms with van der Waals surface area (Å²) in [6.07, 6.45) is -1.89. The van der Waals surface area contributed by atoms with Gasteiger partial charge < -0.3 is 26.8 Å². The molecule has 0 aromatic carbocycles. The second-order valence-corrected chi connectivity index (χ2v) is 3.82. The normalized spacial score (nSPS) is 15.2. The largest absolute Gasteiger partial charge is 0.394 e. The van der Waals surface area contributed by atoms with Crippen LogP contribution < -0.4 is 22.3 Å². The molecule has 0 rings (SSSR count). The molecule has 0 spiro atoms. The van der Waals surface area contributed by atoms with Gasteiger partial charge >= 0.3 is 0 Å². The number of hydrazone groups is 2. The Morgan fingerprint density at radius 1 is 1.22 bits per heavy atom. The van der Waals surface area contributed by atoms with Gasteiger partial charge in [0.15, 0.2) is 10.2 Å². The van der Waals surface area contributed by atoms with E-state index in [9.17, 15) is 10.2 Å². The second kappa shape index (κ2) is 8.66. The van der Waals surface area contributed by atoms with Crippen LogP contribution in [0.25, 0.3) is 0 Å². The van der Waals surface area contributed by atoms with Gasteiger partial charge in [-0.2, -0.15) is 10.2 Å². The Morgan fingerprint density at radius 3 is 2.22 bits per heavy atom. The van der Waals surface area contributed by atoms with E-state index in [1.807, 2.05) is 0 Å². The minimum Gasteiger partial charge on any atom is -0.394 e. The Kier molecular flexibility index (Phi) is 7.98. The summed E-state index contributed by atoms with van der Waals surface area (Å²) in [5, 5.41) is 34.5. The van der Waals surface area contributed by atoms with Crippen molar-refractivity contribution >= 4 is 46.6 Å². The number of aliphatic hydroxyl groups excluding tert-OH is 3. The molecule has 0 bridgehead atoms. The fourth-order valence-electron chi connectivity index (χ4n) is 0.750. The fraction of sp³-hybridized carbons (Fsp3) is 0.429. The fourth-order valence-corrected chi connectivity index (χ4v) is 0.848. The predicted octanol–water partition coefficient (Wildman–Crippen LogP) is -3.29. The van der Waals surface area contributed by atoms with Crippen molar-refractivity contribution in [1.29, 1.82) is 0 Å². The van der Waals surface area contributed by atoms with Crippen LogP contribution in [0, 0.1) is 0 Å². The van der Waals surface area contributed by atoms with Crippen LogP contribution in [0.3, 0.4) is 0 Å². The number of nitrogens with two attached hydrogens (primary N) is 2. The molecule has 9 N–H and O–H groups in total. The minimum absolute atomic E-state index is 0.0925. The average Bonchev–Trinajstić information content (AvgIpc) is 2.30. The van der Waals surface area contributed by atoms with Gasteiger partial charge in [-0.3, -0.25) is 10.9 Å². The van der Waals surface area contributed by atoms with Crippen molar-refractivity contribution in [1.82, 2.24) is 10.9 Å². The van der Waals surface area contributed by atoms with Gasteiger partial charge in [0.05, 0.1) is 12.8 Å². The van der Waals surface area contributed by atoms with Crippen LogP contribution in [-0.2, 0) is 0 Å². The van der Waals surface area contributed by atoms with Gasteiger partial charge in [0.2, 0.25) is 0 Å². The number of aliphatic hydroxyl groups is 3. The summed E-state index contributed by atoms with van der Waals surface area (Å²) in [6, 6.07) is 0. The zero-order valence-electron chi connectivity index (χ0n) is 9.15. The number of hydrogen-bond acceptors (Lipinski definition) is 7. The Hall–Kier alpha value is -1.40. The lowest BCUT2D eigenvalue weighted by Crippen LogP contribution is -2.39. The summed E-state index contributed by atoms with van der Waals surface area (Å²) in [5.74, 6) is 0. The standard InChI is InChI=1S/C7H14N6O3S2/c8-6(17)12-10-1-3(11-13-7(9)18)5(16)4(15)2-14/h1,4-5,14-16H,2H2,(H3,8,12,17)(H3,9,13,18)/b10-1+,11-3-. The van der Waals surface area contributed by atoms with Crippen LogP contribution in [-0.4, -0.2) is 56.3 Å². The Labute approximate surface area is 114 Å². The van der Waals surface area contributed by atoms with Gasteiger partial charge in [-0.05, 0) is 24.4 Å². The van der Waals surface area contributed by atoms with E-state index in [1.165, 1.54) is 0 Å². The minimum atomic E-state index is -1.49. The molecule has 0 radical (unpaired) electrons. The van der Waals surface area contributed by atoms with E-state index in [0.717, 1.165) is 6.21 Å². The molecule has 0 amide bonds. The van der Waals surface area contributed by atoms with Crippen LogP contribution in [0.5, 0.6) is 0 Å². The van der Waals surface area contributed by atoms with E-state index in [2.05, 4.69) is 45.5 Å². The van der Waals surface area contributed by atoms with E-state index >= 15 is 0 Å². The topological polar surface area (TPSA) is 162 Å². The molecule has 0 aliphatic carbocycles. The van der Waals surface area contributed by atoms with E-state index in [1.54, 1.807) is 0 Å². The van der Waals surface area contributed by atoms with Crippen LogP contribution in [0.2, 0.25) is 0 Å². The number of thiocarbonyl (C=S) groups is 2. The quantitative estimate of drug-likeness (QED) is 0.151. The highest BCUT2D eigenvalue weighted by Gasteiger charge is 2.20. The molecule has 0 aliphatic rings. The van der Waals surface area contributed by atoms with Crippen LogP contribution in [0.1, 0.15) is 0 Å². The molecule has 0 heterocycles.